The van der Waals surface area contributed by atoms with Crippen LogP contribution in [0.15, 0.2) is 42.5 Å². The van der Waals surface area contributed by atoms with Crippen LogP contribution in [-0.4, -0.2) is 23.3 Å². The van der Waals surface area contributed by atoms with Crippen molar-refractivity contribution < 1.29 is 19.7 Å². The fourth-order valence-corrected chi connectivity index (χ4v) is 6.59. The second-order valence-electron chi connectivity index (χ2n) is 9.37. The molecule has 0 radical (unpaired) electrons. The normalized spacial score (nSPS) is 29.4. The van der Waals surface area contributed by atoms with E-state index in [0.29, 0.717) is 29.3 Å². The Hall–Kier alpha value is -2.75. The van der Waals surface area contributed by atoms with Gasteiger partial charge < -0.3 is 14.9 Å². The Bertz CT molecular complexity index is 961. The number of carboxylic acids is 1. The summed E-state index contributed by atoms with van der Waals surface area (Å²) < 4.78 is 5.55. The number of carboxylic acid groups (broad SMARTS) is 1. The predicted molar refractivity (Wildman–Crippen MR) is 117 cm³/mol. The van der Waals surface area contributed by atoms with Gasteiger partial charge in [-0.05, 0) is 96.6 Å². The van der Waals surface area contributed by atoms with Crippen molar-refractivity contribution in [3.05, 3.63) is 53.6 Å². The zero-order chi connectivity index (χ0) is 20.8. The number of carbonyl (C=O) groups is 1. The molecule has 0 spiro atoms. The number of ether oxygens (including phenoxy) is 1. The Balaban J connectivity index is 1.51. The molecule has 0 aliphatic heterocycles. The molecule has 2 aromatic carbocycles. The van der Waals surface area contributed by atoms with Gasteiger partial charge in [0.05, 0.1) is 7.11 Å². The second-order valence-corrected chi connectivity index (χ2v) is 9.37. The number of benzene rings is 2. The Kier molecular flexibility index (Phi) is 4.80. The van der Waals surface area contributed by atoms with E-state index in [9.17, 15) is 9.90 Å². The fraction of sp³-hybridized carbons (Fsp3) is 0.423. The molecule has 0 heterocycles. The van der Waals surface area contributed by atoms with Crippen molar-refractivity contribution in [2.75, 3.05) is 7.11 Å². The third-order valence-electron chi connectivity index (χ3n) is 7.57. The first kappa shape index (κ1) is 19.2. The molecular weight excluding hydrogens is 376 g/mol. The molecule has 4 heteroatoms. The molecule has 4 bridgehead atoms. The van der Waals surface area contributed by atoms with E-state index in [-0.39, 0.29) is 0 Å². The van der Waals surface area contributed by atoms with Crippen molar-refractivity contribution in [3.8, 4) is 22.6 Å². The summed E-state index contributed by atoms with van der Waals surface area (Å²) in [4.78, 5) is 10.7. The van der Waals surface area contributed by atoms with Gasteiger partial charge >= 0.3 is 5.97 Å². The SMILES string of the molecule is COc1cc(-c2ccc(C=CC(=O)O)cc2)cc(C2C3CC4CC(C3)CC2C4)c1O. The van der Waals surface area contributed by atoms with Crippen LogP contribution in [0.25, 0.3) is 17.2 Å². The van der Waals surface area contributed by atoms with E-state index in [0.717, 1.165) is 40.2 Å². The highest BCUT2D eigenvalue weighted by molar-refractivity contribution is 5.85. The number of hydrogen-bond donors (Lipinski definition) is 2. The molecular formula is C26H28O4. The minimum absolute atomic E-state index is 0.305. The maximum Gasteiger partial charge on any atom is 0.328 e. The average Bonchev–Trinajstić information content (AvgIpc) is 2.73. The van der Waals surface area contributed by atoms with Gasteiger partial charge in [-0.15, -0.1) is 0 Å². The Labute approximate surface area is 177 Å². The van der Waals surface area contributed by atoms with E-state index >= 15 is 0 Å². The average molecular weight is 405 g/mol. The lowest BCUT2D eigenvalue weighted by Gasteiger charge is -2.54. The van der Waals surface area contributed by atoms with Crippen molar-refractivity contribution in [1.82, 2.24) is 0 Å². The number of hydrogen-bond acceptors (Lipinski definition) is 3. The lowest BCUT2D eigenvalue weighted by Crippen LogP contribution is -2.43. The summed E-state index contributed by atoms with van der Waals surface area (Å²) in [5, 5.41) is 19.8. The largest absolute Gasteiger partial charge is 0.504 e. The van der Waals surface area contributed by atoms with Crippen LogP contribution in [0, 0.1) is 23.7 Å². The zero-order valence-corrected chi connectivity index (χ0v) is 17.3. The molecule has 156 valence electrons. The van der Waals surface area contributed by atoms with Crippen LogP contribution in [-0.2, 0) is 4.79 Å². The molecule has 30 heavy (non-hydrogen) atoms. The third-order valence-corrected chi connectivity index (χ3v) is 7.57. The summed E-state index contributed by atoms with van der Waals surface area (Å²) in [7, 11) is 1.61. The first-order chi connectivity index (χ1) is 14.5. The summed E-state index contributed by atoms with van der Waals surface area (Å²) in [6, 6.07) is 11.9. The first-order valence-electron chi connectivity index (χ1n) is 10.9. The highest BCUT2D eigenvalue weighted by Gasteiger charge is 2.49. The molecule has 4 fully saturated rings. The number of phenols is 1. The maximum absolute atomic E-state index is 11.0. The van der Waals surface area contributed by atoms with Crippen LogP contribution in [0.2, 0.25) is 0 Å². The van der Waals surface area contributed by atoms with Crippen molar-refractivity contribution in [3.63, 3.8) is 0 Å². The summed E-state index contributed by atoms with van der Waals surface area (Å²) in [6.07, 6.45) is 9.34. The summed E-state index contributed by atoms with van der Waals surface area (Å²) in [5.74, 6) is 3.44. The molecule has 6 rings (SSSR count). The number of aliphatic carboxylic acids is 1. The van der Waals surface area contributed by atoms with Gasteiger partial charge in [0.25, 0.3) is 0 Å². The molecule has 2 N–H and O–H groups in total. The van der Waals surface area contributed by atoms with Crippen LogP contribution in [0.5, 0.6) is 11.5 Å². The zero-order valence-electron chi connectivity index (χ0n) is 17.3. The van der Waals surface area contributed by atoms with Crippen LogP contribution in [0.4, 0.5) is 0 Å². The van der Waals surface area contributed by atoms with E-state index in [4.69, 9.17) is 9.84 Å². The minimum Gasteiger partial charge on any atom is -0.504 e. The van der Waals surface area contributed by atoms with Crippen LogP contribution < -0.4 is 4.74 Å². The van der Waals surface area contributed by atoms with E-state index in [1.54, 1.807) is 13.2 Å². The predicted octanol–water partition coefficient (Wildman–Crippen LogP) is 5.71. The maximum atomic E-state index is 11.0. The lowest BCUT2D eigenvalue weighted by atomic mass is 9.50. The molecule has 4 aliphatic carbocycles. The summed E-state index contributed by atoms with van der Waals surface area (Å²) >= 11 is 0. The number of rotatable bonds is 5. The highest BCUT2D eigenvalue weighted by atomic mass is 16.5. The molecule has 4 saturated carbocycles. The van der Waals surface area contributed by atoms with Gasteiger partial charge in [-0.1, -0.05) is 24.3 Å². The number of aromatic hydroxyl groups is 1. The van der Waals surface area contributed by atoms with Crippen molar-refractivity contribution in [1.29, 1.82) is 0 Å². The van der Waals surface area contributed by atoms with Crippen molar-refractivity contribution in [2.24, 2.45) is 23.7 Å². The molecule has 0 amide bonds. The molecule has 0 aromatic heterocycles. The first-order valence-corrected chi connectivity index (χ1v) is 10.9. The van der Waals surface area contributed by atoms with Gasteiger partial charge in [-0.2, -0.15) is 0 Å². The van der Waals surface area contributed by atoms with Gasteiger partial charge in [0.15, 0.2) is 11.5 Å². The molecule has 0 atom stereocenters. The van der Waals surface area contributed by atoms with E-state index in [1.807, 2.05) is 30.3 Å². The Morgan fingerprint density at radius 3 is 2.17 bits per heavy atom. The van der Waals surface area contributed by atoms with Gasteiger partial charge in [-0.3, -0.25) is 0 Å². The quantitative estimate of drug-likeness (QED) is 0.627. The highest BCUT2D eigenvalue weighted by Crippen LogP contribution is 2.61. The van der Waals surface area contributed by atoms with Crippen LogP contribution in [0.1, 0.15) is 49.1 Å². The van der Waals surface area contributed by atoms with Gasteiger partial charge in [0.2, 0.25) is 0 Å². The lowest BCUT2D eigenvalue weighted by molar-refractivity contribution is -0.131. The summed E-state index contributed by atoms with van der Waals surface area (Å²) in [6.45, 7) is 0. The molecule has 4 nitrogen and oxygen atoms in total. The topological polar surface area (TPSA) is 66.8 Å². The van der Waals surface area contributed by atoms with E-state index < -0.39 is 5.97 Å². The van der Waals surface area contributed by atoms with Gasteiger partial charge in [0, 0.05) is 11.6 Å². The Morgan fingerprint density at radius 1 is 0.967 bits per heavy atom. The Morgan fingerprint density at radius 2 is 1.60 bits per heavy atom. The van der Waals surface area contributed by atoms with E-state index in [2.05, 4.69) is 6.07 Å². The third kappa shape index (κ3) is 3.38. The van der Waals surface area contributed by atoms with Crippen LogP contribution >= 0.6 is 0 Å². The van der Waals surface area contributed by atoms with Crippen molar-refractivity contribution in [2.45, 2.75) is 38.0 Å². The van der Waals surface area contributed by atoms with Gasteiger partial charge in [0.1, 0.15) is 0 Å². The van der Waals surface area contributed by atoms with Gasteiger partial charge in [-0.25, -0.2) is 4.79 Å². The molecule has 2 aromatic rings. The standard InChI is InChI=1S/C26H28O4/c1-30-23-14-19(18-5-2-15(3-6-18)4-7-24(27)28)13-22(26(23)29)25-20-9-16-8-17(11-20)12-21(25)10-16/h2-7,13-14,16-17,20-21,25,29H,8-12H2,1H3,(H,27,28). The second kappa shape index (κ2) is 7.50. The smallest absolute Gasteiger partial charge is 0.328 e. The fourth-order valence-electron chi connectivity index (χ4n) is 6.59. The molecule has 0 unspecified atom stereocenters. The van der Waals surface area contributed by atoms with E-state index in [1.165, 1.54) is 32.1 Å². The minimum atomic E-state index is -0.956. The van der Waals surface area contributed by atoms with Crippen LogP contribution in [0.3, 0.4) is 0 Å². The number of phenolic OH excluding ortho intramolecular Hbond substituents is 1. The van der Waals surface area contributed by atoms with Crippen molar-refractivity contribution >= 4 is 12.0 Å². The number of methoxy groups -OCH3 is 1. The monoisotopic (exact) mass is 404 g/mol. The molecule has 0 saturated heterocycles. The summed E-state index contributed by atoms with van der Waals surface area (Å²) in [5.41, 5.74) is 3.95. The molecule has 4 aliphatic rings.